The first-order valence-electron chi connectivity index (χ1n) is 6.18. The monoisotopic (exact) mass is 220 g/mol. The van der Waals surface area contributed by atoms with Gasteiger partial charge in [0.25, 0.3) is 0 Å². The van der Waals surface area contributed by atoms with Gasteiger partial charge in [-0.2, -0.15) is 0 Å². The summed E-state index contributed by atoms with van der Waals surface area (Å²) in [5.74, 6) is 0.579. The summed E-state index contributed by atoms with van der Waals surface area (Å²) >= 11 is 0. The van der Waals surface area contributed by atoms with Crippen molar-refractivity contribution in [3.63, 3.8) is 0 Å². The van der Waals surface area contributed by atoms with Crippen LogP contribution in [0.2, 0.25) is 0 Å². The smallest absolute Gasteiger partial charge is 0.00330 e. The number of hydrogen-bond acceptors (Lipinski definition) is 0. The van der Waals surface area contributed by atoms with Gasteiger partial charge in [-0.1, -0.05) is 68.5 Å². The van der Waals surface area contributed by atoms with Gasteiger partial charge >= 0.3 is 0 Å². The Morgan fingerprint density at radius 1 is 0.824 bits per heavy atom. The fraction of sp³-hybridized carbons (Fsp3) is 0.176. The van der Waals surface area contributed by atoms with E-state index in [2.05, 4.69) is 68.5 Å². The maximum Gasteiger partial charge on any atom is -0.00330 e. The number of benzene rings is 3. The molecule has 0 N–H and O–H groups in total. The third-order valence-corrected chi connectivity index (χ3v) is 3.20. The Bertz CT molecular complexity index is 697. The Hall–Kier alpha value is -1.82. The van der Waals surface area contributed by atoms with Crippen molar-refractivity contribution >= 4 is 27.6 Å². The highest BCUT2D eigenvalue weighted by Gasteiger charge is 2.02. The van der Waals surface area contributed by atoms with Gasteiger partial charge in [-0.3, -0.25) is 0 Å². The van der Waals surface area contributed by atoms with Gasteiger partial charge in [0, 0.05) is 0 Å². The molecule has 0 heterocycles. The number of hydrogen-bond donors (Lipinski definition) is 0. The molecule has 0 atom stereocenters. The Morgan fingerprint density at radius 2 is 1.47 bits per heavy atom. The summed E-state index contributed by atoms with van der Waals surface area (Å²) in [4.78, 5) is 0. The molecule has 17 heavy (non-hydrogen) atoms. The van der Waals surface area contributed by atoms with Crippen LogP contribution in [0.5, 0.6) is 0 Å². The van der Waals surface area contributed by atoms with Crippen LogP contribution in [0.25, 0.3) is 27.6 Å². The largest absolute Gasteiger partial charge is 0.0741 e. The normalized spacial score (nSPS) is 13.0. The van der Waals surface area contributed by atoms with E-state index in [0.717, 1.165) is 0 Å². The molecule has 84 valence electrons. The van der Waals surface area contributed by atoms with Crippen molar-refractivity contribution in [2.75, 3.05) is 0 Å². The van der Waals surface area contributed by atoms with Gasteiger partial charge in [-0.15, -0.1) is 0 Å². The minimum absolute atomic E-state index is 0.579. The van der Waals surface area contributed by atoms with Gasteiger partial charge in [-0.05, 0) is 32.7 Å². The average Bonchev–Trinajstić information content (AvgIpc) is 2.33. The predicted molar refractivity (Wildman–Crippen MR) is 76.0 cm³/mol. The Kier molecular flexibility index (Phi) is 2.36. The van der Waals surface area contributed by atoms with E-state index in [9.17, 15) is 0 Å². The molecule has 3 aromatic rings. The van der Waals surface area contributed by atoms with Crippen molar-refractivity contribution in [1.29, 1.82) is 0 Å². The third kappa shape index (κ3) is 1.70. The highest BCUT2D eigenvalue weighted by Crippen LogP contribution is 2.23. The fourth-order valence-corrected chi connectivity index (χ4v) is 2.52. The molecule has 0 aliphatic carbocycles. The molecular weight excluding hydrogens is 204 g/mol. The van der Waals surface area contributed by atoms with Crippen LogP contribution >= 0.6 is 0 Å². The first-order valence-corrected chi connectivity index (χ1v) is 6.18. The zero-order valence-corrected chi connectivity index (χ0v) is 10.3. The molecule has 0 radical (unpaired) electrons. The van der Waals surface area contributed by atoms with Gasteiger partial charge in [-0.25, -0.2) is 0 Å². The van der Waals surface area contributed by atoms with E-state index in [1.54, 1.807) is 0 Å². The summed E-state index contributed by atoms with van der Waals surface area (Å²) in [6, 6.07) is 17.5. The molecule has 0 saturated heterocycles. The quantitative estimate of drug-likeness (QED) is 0.578. The summed E-state index contributed by atoms with van der Waals surface area (Å²) in [6.45, 7) is 4.45. The predicted octanol–water partition coefficient (Wildman–Crippen LogP) is 4.15. The second-order valence-electron chi connectivity index (χ2n) is 4.95. The molecule has 3 aromatic carbocycles. The third-order valence-electron chi connectivity index (χ3n) is 3.20. The molecule has 0 bridgehead atoms. The second kappa shape index (κ2) is 3.89. The van der Waals surface area contributed by atoms with Gasteiger partial charge < -0.3 is 0 Å². The maximum absolute atomic E-state index is 2.33. The zero-order valence-electron chi connectivity index (χ0n) is 10.3. The Labute approximate surface area is 102 Å². The molecule has 0 aromatic heterocycles. The van der Waals surface area contributed by atoms with E-state index in [4.69, 9.17) is 0 Å². The minimum atomic E-state index is 0.579. The van der Waals surface area contributed by atoms with Crippen LogP contribution in [-0.2, 0) is 0 Å². The van der Waals surface area contributed by atoms with Gasteiger partial charge in [0.15, 0.2) is 0 Å². The van der Waals surface area contributed by atoms with Crippen molar-refractivity contribution in [2.45, 2.75) is 13.8 Å². The zero-order chi connectivity index (χ0) is 11.8. The molecule has 0 unspecified atom stereocenters. The first kappa shape index (κ1) is 10.3. The lowest BCUT2D eigenvalue weighted by Crippen LogP contribution is -2.03. The topological polar surface area (TPSA) is 0 Å². The summed E-state index contributed by atoms with van der Waals surface area (Å²) < 4.78 is 0. The van der Waals surface area contributed by atoms with E-state index in [1.807, 2.05) is 0 Å². The van der Waals surface area contributed by atoms with E-state index >= 15 is 0 Å². The minimum Gasteiger partial charge on any atom is -0.0741 e. The molecule has 0 fully saturated rings. The molecule has 0 saturated carbocycles. The van der Waals surface area contributed by atoms with Crippen LogP contribution in [0.1, 0.15) is 13.8 Å². The lowest BCUT2D eigenvalue weighted by molar-refractivity contribution is 0.882. The van der Waals surface area contributed by atoms with Crippen LogP contribution in [0, 0.1) is 5.92 Å². The maximum atomic E-state index is 2.33. The van der Waals surface area contributed by atoms with E-state index in [1.165, 1.54) is 26.8 Å². The van der Waals surface area contributed by atoms with Crippen molar-refractivity contribution < 1.29 is 0 Å². The molecule has 0 spiro atoms. The molecule has 3 rings (SSSR count). The fourth-order valence-electron chi connectivity index (χ4n) is 2.52. The highest BCUT2D eigenvalue weighted by molar-refractivity contribution is 6.10. The second-order valence-corrected chi connectivity index (χ2v) is 4.95. The Balaban J connectivity index is 2.54. The van der Waals surface area contributed by atoms with Gasteiger partial charge in [0.1, 0.15) is 0 Å². The SMILES string of the molecule is CC(C)C=c1ccc2cccc3cccc1c32. The summed E-state index contributed by atoms with van der Waals surface area (Å²) in [6.07, 6.45) is 2.33. The lowest BCUT2D eigenvalue weighted by Gasteiger charge is -2.06. The van der Waals surface area contributed by atoms with Crippen LogP contribution < -0.4 is 5.22 Å². The summed E-state index contributed by atoms with van der Waals surface area (Å²) in [7, 11) is 0. The van der Waals surface area contributed by atoms with Crippen molar-refractivity contribution in [1.82, 2.24) is 0 Å². The van der Waals surface area contributed by atoms with Crippen LogP contribution in [-0.4, -0.2) is 0 Å². The van der Waals surface area contributed by atoms with Gasteiger partial charge in [0.05, 0.1) is 0 Å². The van der Waals surface area contributed by atoms with Crippen LogP contribution in [0.3, 0.4) is 0 Å². The van der Waals surface area contributed by atoms with E-state index < -0.39 is 0 Å². The molecule has 0 aliphatic rings. The first-order chi connectivity index (χ1) is 8.25. The average molecular weight is 220 g/mol. The van der Waals surface area contributed by atoms with Crippen molar-refractivity contribution in [2.24, 2.45) is 5.92 Å². The molecular formula is C17H16. The van der Waals surface area contributed by atoms with Crippen LogP contribution in [0.4, 0.5) is 0 Å². The van der Waals surface area contributed by atoms with E-state index in [0.29, 0.717) is 5.92 Å². The lowest BCUT2D eigenvalue weighted by atomic mass is 9.98. The van der Waals surface area contributed by atoms with E-state index in [-0.39, 0.29) is 0 Å². The van der Waals surface area contributed by atoms with Crippen molar-refractivity contribution in [3.05, 3.63) is 53.7 Å². The molecule has 0 aliphatic heterocycles. The summed E-state index contributed by atoms with van der Waals surface area (Å²) in [5.41, 5.74) is 0. The molecule has 0 amide bonds. The highest BCUT2D eigenvalue weighted by atomic mass is 14.1. The van der Waals surface area contributed by atoms with Crippen molar-refractivity contribution in [3.8, 4) is 0 Å². The molecule has 0 nitrogen and oxygen atoms in total. The van der Waals surface area contributed by atoms with Crippen LogP contribution in [0.15, 0.2) is 48.5 Å². The molecule has 0 heteroatoms. The van der Waals surface area contributed by atoms with Gasteiger partial charge in [0.2, 0.25) is 0 Å². The summed E-state index contributed by atoms with van der Waals surface area (Å²) in [5, 5.41) is 6.78. The number of rotatable bonds is 1. The standard InChI is InChI=1S/C17H16/c1-12(2)11-15-10-9-14-6-3-5-13-7-4-8-16(15)17(13)14/h3-12H,1-2H3. The Morgan fingerprint density at radius 3 is 2.18 bits per heavy atom.